The molecule has 3 heteroatoms. The second-order valence-electron chi connectivity index (χ2n) is 12.1. The van der Waals surface area contributed by atoms with Gasteiger partial charge in [0.25, 0.3) is 0 Å². The molecule has 0 bridgehead atoms. The Bertz CT molecular complexity index is 2810. The fourth-order valence-corrected chi connectivity index (χ4v) is 7.33. The molecule has 0 aliphatic rings. The molecule has 10 aromatic rings. The van der Waals surface area contributed by atoms with Gasteiger partial charge in [0, 0.05) is 32.3 Å². The van der Waals surface area contributed by atoms with E-state index >= 15 is 0 Å². The van der Waals surface area contributed by atoms with Gasteiger partial charge in [-0.1, -0.05) is 133 Å². The van der Waals surface area contributed by atoms with Crippen molar-refractivity contribution in [3.05, 3.63) is 164 Å². The summed E-state index contributed by atoms with van der Waals surface area (Å²) in [5.41, 5.74) is 8.78. The normalized spacial score (nSPS) is 11.8. The predicted molar refractivity (Wildman–Crippen MR) is 196 cm³/mol. The van der Waals surface area contributed by atoms with E-state index < -0.39 is 0 Å². The van der Waals surface area contributed by atoms with Gasteiger partial charge in [-0.2, -0.15) is 0 Å². The zero-order chi connectivity index (χ0) is 30.9. The number of furan rings is 2. The monoisotopic (exact) mass is 601 g/mol. The lowest BCUT2D eigenvalue weighted by Crippen LogP contribution is -2.11. The Labute approximate surface area is 270 Å². The molecule has 0 aliphatic carbocycles. The second kappa shape index (κ2) is 10.1. The molecule has 0 saturated carbocycles. The van der Waals surface area contributed by atoms with Crippen molar-refractivity contribution in [2.45, 2.75) is 0 Å². The van der Waals surface area contributed by atoms with Crippen molar-refractivity contribution < 1.29 is 8.83 Å². The van der Waals surface area contributed by atoms with Gasteiger partial charge >= 0.3 is 0 Å². The maximum atomic E-state index is 6.92. The number of fused-ring (bicyclic) bond motifs is 9. The summed E-state index contributed by atoms with van der Waals surface area (Å²) in [6.07, 6.45) is 0. The molecule has 0 fully saturated rings. The van der Waals surface area contributed by atoms with Crippen LogP contribution >= 0.6 is 0 Å². The summed E-state index contributed by atoms with van der Waals surface area (Å²) in [6, 6.07) is 57.7. The highest BCUT2D eigenvalue weighted by atomic mass is 16.3. The van der Waals surface area contributed by atoms with Crippen LogP contribution in [0, 0.1) is 0 Å². The highest BCUT2D eigenvalue weighted by molar-refractivity contribution is 6.19. The molecule has 0 saturated heterocycles. The van der Waals surface area contributed by atoms with Crippen LogP contribution in [0.1, 0.15) is 0 Å². The number of anilines is 3. The lowest BCUT2D eigenvalue weighted by atomic mass is 9.96. The summed E-state index contributed by atoms with van der Waals surface area (Å²) < 4.78 is 13.6. The number of nitrogens with zero attached hydrogens (tertiary/aromatic N) is 1. The van der Waals surface area contributed by atoms with Gasteiger partial charge in [-0.25, -0.2) is 0 Å². The van der Waals surface area contributed by atoms with Crippen molar-refractivity contribution >= 4 is 82.5 Å². The average Bonchev–Trinajstić information content (AvgIpc) is 3.72. The Morgan fingerprint density at radius 3 is 1.72 bits per heavy atom. The first-order valence-electron chi connectivity index (χ1n) is 15.9. The first-order chi connectivity index (χ1) is 23.3. The highest BCUT2D eigenvalue weighted by Gasteiger charge is 2.25. The zero-order valence-corrected chi connectivity index (χ0v) is 25.4. The van der Waals surface area contributed by atoms with Crippen molar-refractivity contribution in [2.75, 3.05) is 4.90 Å². The molecule has 0 atom stereocenters. The van der Waals surface area contributed by atoms with Crippen LogP contribution in [0.5, 0.6) is 0 Å². The van der Waals surface area contributed by atoms with Crippen molar-refractivity contribution in [1.82, 2.24) is 0 Å². The molecular weight excluding hydrogens is 574 g/mol. The van der Waals surface area contributed by atoms with Crippen molar-refractivity contribution in [3.8, 4) is 11.1 Å². The van der Waals surface area contributed by atoms with E-state index in [1.54, 1.807) is 0 Å². The maximum absolute atomic E-state index is 6.92. The van der Waals surface area contributed by atoms with Gasteiger partial charge in [-0.3, -0.25) is 0 Å². The molecule has 0 radical (unpaired) electrons. The highest BCUT2D eigenvalue weighted by Crippen LogP contribution is 2.49. The third-order valence-electron chi connectivity index (χ3n) is 9.46. The largest absolute Gasteiger partial charge is 0.454 e. The van der Waals surface area contributed by atoms with E-state index in [1.165, 1.54) is 16.5 Å². The van der Waals surface area contributed by atoms with Crippen LogP contribution < -0.4 is 4.90 Å². The van der Waals surface area contributed by atoms with Crippen molar-refractivity contribution in [2.24, 2.45) is 0 Å². The number of hydrogen-bond acceptors (Lipinski definition) is 3. The summed E-state index contributed by atoms with van der Waals surface area (Å²) in [7, 11) is 0. The Morgan fingerprint density at radius 2 is 0.915 bits per heavy atom. The molecule has 220 valence electrons. The average molecular weight is 602 g/mol. The third kappa shape index (κ3) is 3.87. The molecule has 47 heavy (non-hydrogen) atoms. The maximum Gasteiger partial charge on any atom is 0.159 e. The van der Waals surface area contributed by atoms with E-state index in [-0.39, 0.29) is 0 Å². The van der Waals surface area contributed by atoms with Gasteiger partial charge in [-0.15, -0.1) is 0 Å². The van der Waals surface area contributed by atoms with E-state index in [0.717, 1.165) is 77.1 Å². The molecule has 8 aromatic carbocycles. The van der Waals surface area contributed by atoms with Crippen LogP contribution in [0.3, 0.4) is 0 Å². The number of para-hydroxylation sites is 3. The minimum atomic E-state index is 0.836. The molecule has 2 heterocycles. The third-order valence-corrected chi connectivity index (χ3v) is 9.46. The Morgan fingerprint density at radius 1 is 0.319 bits per heavy atom. The van der Waals surface area contributed by atoms with Crippen LogP contribution in [0.25, 0.3) is 76.5 Å². The summed E-state index contributed by atoms with van der Waals surface area (Å²) in [6.45, 7) is 0. The topological polar surface area (TPSA) is 29.5 Å². The van der Waals surface area contributed by atoms with Crippen LogP contribution in [-0.4, -0.2) is 0 Å². The lowest BCUT2D eigenvalue weighted by Gasteiger charge is -2.27. The summed E-state index contributed by atoms with van der Waals surface area (Å²) in [4.78, 5) is 2.33. The van der Waals surface area contributed by atoms with Crippen LogP contribution in [0.2, 0.25) is 0 Å². The fraction of sp³-hybridized carbons (Fsp3) is 0. The number of hydrogen-bond donors (Lipinski definition) is 0. The van der Waals surface area contributed by atoms with Gasteiger partial charge in [-0.05, 0) is 52.2 Å². The summed E-state index contributed by atoms with van der Waals surface area (Å²) >= 11 is 0. The van der Waals surface area contributed by atoms with Crippen LogP contribution in [0.15, 0.2) is 173 Å². The SMILES string of the molecule is c1ccc(-c2ccc(N(c3cccc4c3oc3ccccc34)c3cccc4c3oc3c5ccccc5ccc43)c3ccccc23)cc1. The van der Waals surface area contributed by atoms with E-state index in [1.807, 2.05) is 12.1 Å². The van der Waals surface area contributed by atoms with Gasteiger partial charge in [0.05, 0.1) is 17.1 Å². The molecule has 0 N–H and O–H groups in total. The van der Waals surface area contributed by atoms with E-state index in [4.69, 9.17) is 8.83 Å². The van der Waals surface area contributed by atoms with Gasteiger partial charge in [0.2, 0.25) is 0 Å². The van der Waals surface area contributed by atoms with E-state index in [0.29, 0.717) is 0 Å². The summed E-state index contributed by atoms with van der Waals surface area (Å²) in [5.74, 6) is 0. The molecule has 0 aliphatic heterocycles. The zero-order valence-electron chi connectivity index (χ0n) is 25.4. The molecular formula is C44H27NO2. The van der Waals surface area contributed by atoms with Gasteiger partial charge in [0.15, 0.2) is 11.2 Å². The Hall–Kier alpha value is -6.32. The molecule has 0 spiro atoms. The first-order valence-corrected chi connectivity index (χ1v) is 15.9. The van der Waals surface area contributed by atoms with Gasteiger partial charge in [0.1, 0.15) is 11.2 Å². The Balaban J connectivity index is 1.33. The molecule has 3 nitrogen and oxygen atoms in total. The van der Waals surface area contributed by atoms with E-state index in [2.05, 4.69) is 157 Å². The van der Waals surface area contributed by atoms with Gasteiger partial charge < -0.3 is 13.7 Å². The second-order valence-corrected chi connectivity index (χ2v) is 12.1. The smallest absolute Gasteiger partial charge is 0.159 e. The number of benzene rings is 8. The standard InChI is InChI=1S/C44H27NO2/c1-2-12-28(13-3-1)30-26-27-38(33-17-7-6-16-32(30)33)45(39-21-10-19-35-34-18-8-9-23-41(34)46-43(35)39)40-22-11-20-36-37-25-24-29-14-4-5-15-31(29)42(37)47-44(36)40/h1-27H. The molecule has 10 rings (SSSR count). The van der Waals surface area contributed by atoms with E-state index in [9.17, 15) is 0 Å². The minimum Gasteiger partial charge on any atom is -0.454 e. The molecule has 0 unspecified atom stereocenters. The minimum absolute atomic E-state index is 0.836. The quantitative estimate of drug-likeness (QED) is 0.201. The van der Waals surface area contributed by atoms with Crippen molar-refractivity contribution in [3.63, 3.8) is 0 Å². The van der Waals surface area contributed by atoms with Crippen molar-refractivity contribution in [1.29, 1.82) is 0 Å². The lowest BCUT2D eigenvalue weighted by molar-refractivity contribution is 0.667. The predicted octanol–water partition coefficient (Wildman–Crippen LogP) is 12.9. The Kier molecular flexibility index (Phi) is 5.57. The summed E-state index contributed by atoms with van der Waals surface area (Å²) in [5, 5.41) is 8.95. The fourth-order valence-electron chi connectivity index (χ4n) is 7.33. The van der Waals surface area contributed by atoms with Crippen LogP contribution in [0.4, 0.5) is 17.1 Å². The number of rotatable bonds is 4. The molecule has 2 aromatic heterocycles. The molecule has 0 amide bonds. The van der Waals surface area contributed by atoms with Crippen LogP contribution in [-0.2, 0) is 0 Å². The first kappa shape index (κ1) is 26.0.